The van der Waals surface area contributed by atoms with Crippen LogP contribution in [0.5, 0.6) is 0 Å². The van der Waals surface area contributed by atoms with E-state index in [4.69, 9.17) is 0 Å². The Morgan fingerprint density at radius 3 is 2.52 bits per heavy atom. The highest BCUT2D eigenvalue weighted by Crippen LogP contribution is 2.23. The highest BCUT2D eigenvalue weighted by atomic mass is 32.2. The van der Waals surface area contributed by atoms with E-state index in [1.54, 1.807) is 11.1 Å². The molecule has 27 heavy (non-hydrogen) atoms. The van der Waals surface area contributed by atoms with E-state index < -0.39 is 15.8 Å². The third-order valence-electron chi connectivity index (χ3n) is 5.19. The summed E-state index contributed by atoms with van der Waals surface area (Å²) in [5, 5.41) is 4.30. The second-order valence-corrected chi connectivity index (χ2v) is 8.72. The number of amides is 1. The Morgan fingerprint density at radius 1 is 1.04 bits per heavy atom. The largest absolute Gasteiger partial charge is 0.336 e. The Labute approximate surface area is 157 Å². The van der Waals surface area contributed by atoms with Gasteiger partial charge in [0.05, 0.1) is 17.5 Å². The number of aromatic nitrogens is 2. The average Bonchev–Trinajstić information content (AvgIpc) is 3.12. The number of fused-ring (bicyclic) bond motifs is 1. The molecule has 3 heterocycles. The van der Waals surface area contributed by atoms with Crippen LogP contribution in [0.1, 0.15) is 28.9 Å². The van der Waals surface area contributed by atoms with E-state index >= 15 is 0 Å². The number of halogens is 1. The molecule has 1 aromatic heterocycles. The number of benzene rings is 1. The molecule has 0 atom stereocenters. The smallest absolute Gasteiger partial charge is 0.257 e. The predicted octanol–water partition coefficient (Wildman–Crippen LogP) is 1.51. The van der Waals surface area contributed by atoms with Gasteiger partial charge in [-0.1, -0.05) is 12.1 Å². The summed E-state index contributed by atoms with van der Waals surface area (Å²) in [6.07, 6.45) is 4.56. The molecule has 1 fully saturated rings. The number of carbonyl (C=O) groups excluding carboxylic acids is 1. The Kier molecular flexibility index (Phi) is 4.73. The molecule has 2 aromatic rings. The zero-order valence-corrected chi connectivity index (χ0v) is 15.7. The molecule has 0 spiro atoms. The van der Waals surface area contributed by atoms with Crippen LogP contribution in [0.15, 0.2) is 35.4 Å². The highest BCUT2D eigenvalue weighted by molar-refractivity contribution is 7.89. The second-order valence-electron chi connectivity index (χ2n) is 6.81. The first kappa shape index (κ1) is 18.1. The molecule has 7 nitrogen and oxygen atoms in total. The van der Waals surface area contributed by atoms with Crippen LogP contribution in [0, 0.1) is 5.82 Å². The maximum Gasteiger partial charge on any atom is 0.257 e. The quantitative estimate of drug-likeness (QED) is 0.793. The number of piperazine rings is 1. The molecule has 1 saturated heterocycles. The summed E-state index contributed by atoms with van der Waals surface area (Å²) in [6, 6.07) is 5.35. The molecule has 0 saturated carbocycles. The lowest BCUT2D eigenvalue weighted by atomic mass is 10.1. The molecule has 0 N–H and O–H groups in total. The third kappa shape index (κ3) is 3.25. The number of hydrogen-bond donors (Lipinski definition) is 0. The molecule has 0 unspecified atom stereocenters. The van der Waals surface area contributed by atoms with Gasteiger partial charge in [0, 0.05) is 32.7 Å². The fraction of sp³-hybridized carbons (Fsp3) is 0.444. The number of carbonyl (C=O) groups is 1. The summed E-state index contributed by atoms with van der Waals surface area (Å²) in [5.74, 6) is -0.872. The summed E-state index contributed by atoms with van der Waals surface area (Å²) < 4.78 is 42.4. The van der Waals surface area contributed by atoms with Gasteiger partial charge in [0.15, 0.2) is 0 Å². The lowest BCUT2D eigenvalue weighted by Gasteiger charge is -2.34. The third-order valence-corrected chi connectivity index (χ3v) is 7.12. The van der Waals surface area contributed by atoms with Crippen LogP contribution >= 0.6 is 0 Å². The number of hydrogen-bond acceptors (Lipinski definition) is 4. The van der Waals surface area contributed by atoms with Gasteiger partial charge in [0.1, 0.15) is 10.7 Å². The molecule has 0 radical (unpaired) electrons. The van der Waals surface area contributed by atoms with Crippen molar-refractivity contribution in [3.8, 4) is 0 Å². The van der Waals surface area contributed by atoms with E-state index in [1.165, 1.54) is 22.5 Å². The van der Waals surface area contributed by atoms with Crippen molar-refractivity contribution in [2.24, 2.45) is 0 Å². The van der Waals surface area contributed by atoms with Crippen molar-refractivity contribution in [3.05, 3.63) is 47.5 Å². The first-order valence-corrected chi connectivity index (χ1v) is 10.5. The molecule has 9 heteroatoms. The normalized spacial score (nSPS) is 18.3. The van der Waals surface area contributed by atoms with Crippen molar-refractivity contribution in [3.63, 3.8) is 0 Å². The Hall–Kier alpha value is -2.26. The minimum Gasteiger partial charge on any atom is -0.336 e. The maximum absolute atomic E-state index is 13.9. The highest BCUT2D eigenvalue weighted by Gasteiger charge is 2.33. The van der Waals surface area contributed by atoms with Gasteiger partial charge in [-0.15, -0.1) is 0 Å². The van der Waals surface area contributed by atoms with Crippen molar-refractivity contribution >= 4 is 15.9 Å². The van der Waals surface area contributed by atoms with Gasteiger partial charge < -0.3 is 4.90 Å². The second kappa shape index (κ2) is 7.05. The van der Waals surface area contributed by atoms with Crippen molar-refractivity contribution in [2.45, 2.75) is 30.7 Å². The van der Waals surface area contributed by atoms with Crippen molar-refractivity contribution in [2.75, 3.05) is 26.2 Å². The van der Waals surface area contributed by atoms with Gasteiger partial charge in [0.25, 0.3) is 5.91 Å². The van der Waals surface area contributed by atoms with Crippen LogP contribution in [-0.4, -0.2) is 59.5 Å². The molecule has 4 rings (SSSR count). The Bertz CT molecular complexity index is 965. The van der Waals surface area contributed by atoms with Crippen molar-refractivity contribution in [1.29, 1.82) is 0 Å². The Morgan fingerprint density at radius 2 is 1.78 bits per heavy atom. The van der Waals surface area contributed by atoms with Gasteiger partial charge in [-0.3, -0.25) is 9.48 Å². The van der Waals surface area contributed by atoms with Crippen LogP contribution in [-0.2, 0) is 23.0 Å². The number of sulfonamides is 1. The van der Waals surface area contributed by atoms with Crippen LogP contribution in [0.2, 0.25) is 0 Å². The molecule has 1 aromatic carbocycles. The summed E-state index contributed by atoms with van der Waals surface area (Å²) in [6.45, 7) is 1.67. The molecule has 0 bridgehead atoms. The molecular weight excluding hydrogens is 371 g/mol. The molecule has 1 amide bonds. The van der Waals surface area contributed by atoms with E-state index in [9.17, 15) is 17.6 Å². The lowest BCUT2D eigenvalue weighted by molar-refractivity contribution is 0.0696. The fourth-order valence-corrected chi connectivity index (χ4v) is 5.18. The zero-order chi connectivity index (χ0) is 19.0. The first-order valence-electron chi connectivity index (χ1n) is 9.07. The zero-order valence-electron chi connectivity index (χ0n) is 14.8. The van der Waals surface area contributed by atoms with E-state index in [2.05, 4.69) is 5.10 Å². The number of aryl methyl sites for hydroxylation is 1. The standard InChI is InChI=1S/C18H21FN4O3S/c19-15-5-1-2-7-17(15)27(25,26)22-11-9-21(10-12-22)18(24)14-13-20-23-8-4-3-6-16(14)23/h1-2,5,7,13H,3-4,6,8-12H2. The average molecular weight is 392 g/mol. The Balaban J connectivity index is 1.47. The van der Waals surface area contributed by atoms with E-state index in [1.807, 2.05) is 4.68 Å². The summed E-state index contributed by atoms with van der Waals surface area (Å²) >= 11 is 0. The molecule has 2 aliphatic rings. The molecule has 0 aliphatic carbocycles. The van der Waals surface area contributed by atoms with Crippen molar-refractivity contribution in [1.82, 2.24) is 19.0 Å². The summed E-state index contributed by atoms with van der Waals surface area (Å²) in [4.78, 5) is 14.2. The monoisotopic (exact) mass is 392 g/mol. The van der Waals surface area contributed by atoms with Crippen LogP contribution in [0.3, 0.4) is 0 Å². The van der Waals surface area contributed by atoms with Crippen LogP contribution < -0.4 is 0 Å². The molecule has 144 valence electrons. The predicted molar refractivity (Wildman–Crippen MR) is 96.2 cm³/mol. The van der Waals surface area contributed by atoms with E-state index in [-0.39, 0.29) is 37.0 Å². The van der Waals surface area contributed by atoms with Gasteiger partial charge in [-0.2, -0.15) is 9.40 Å². The van der Waals surface area contributed by atoms with E-state index in [0.29, 0.717) is 5.56 Å². The number of rotatable bonds is 3. The fourth-order valence-electron chi connectivity index (χ4n) is 3.69. The van der Waals surface area contributed by atoms with Gasteiger partial charge in [0.2, 0.25) is 10.0 Å². The minimum atomic E-state index is -3.91. The molecule has 2 aliphatic heterocycles. The lowest BCUT2D eigenvalue weighted by Crippen LogP contribution is -2.50. The topological polar surface area (TPSA) is 75.5 Å². The summed E-state index contributed by atoms with van der Waals surface area (Å²) in [5.41, 5.74) is 1.58. The van der Waals surface area contributed by atoms with Crippen LogP contribution in [0.25, 0.3) is 0 Å². The first-order chi connectivity index (χ1) is 13.0. The van der Waals surface area contributed by atoms with Gasteiger partial charge in [-0.25, -0.2) is 12.8 Å². The van der Waals surface area contributed by atoms with Gasteiger partial charge >= 0.3 is 0 Å². The van der Waals surface area contributed by atoms with Gasteiger partial charge in [-0.05, 0) is 31.4 Å². The summed E-state index contributed by atoms with van der Waals surface area (Å²) in [7, 11) is -3.91. The number of nitrogens with zero attached hydrogens (tertiary/aromatic N) is 4. The minimum absolute atomic E-state index is 0.110. The SMILES string of the molecule is O=C(c1cnn2c1CCCC2)N1CCN(S(=O)(=O)c2ccccc2F)CC1. The maximum atomic E-state index is 13.9. The van der Waals surface area contributed by atoms with E-state index in [0.717, 1.165) is 37.6 Å². The van der Waals surface area contributed by atoms with Crippen LogP contribution in [0.4, 0.5) is 4.39 Å². The molecular formula is C18H21FN4O3S. The van der Waals surface area contributed by atoms with Crippen molar-refractivity contribution < 1.29 is 17.6 Å².